The molecule has 0 aliphatic heterocycles. The summed E-state index contributed by atoms with van der Waals surface area (Å²) in [6.45, 7) is 4.69. The van der Waals surface area contributed by atoms with Crippen molar-refractivity contribution in [3.8, 4) is 0 Å². The Hall–Kier alpha value is -2.19. The number of carboxylic acids is 1. The molecule has 0 aromatic carbocycles. The van der Waals surface area contributed by atoms with Gasteiger partial charge in [0.05, 0.1) is 40.3 Å². The molecule has 0 aliphatic rings. The van der Waals surface area contributed by atoms with Crippen molar-refractivity contribution in [2.45, 2.75) is 276 Å². The fourth-order valence-corrected chi connectivity index (χ4v) is 8.36. The molecule has 0 aliphatic carbocycles. The maximum Gasteiger partial charge on any atom is 0.306 e. The van der Waals surface area contributed by atoms with Crippen molar-refractivity contribution in [1.29, 1.82) is 0 Å². The first-order valence-corrected chi connectivity index (χ1v) is 27.4. The van der Waals surface area contributed by atoms with Crippen LogP contribution in [-0.2, 0) is 28.6 Å². The molecule has 8 nitrogen and oxygen atoms in total. The number of carboxylic acid groups (broad SMARTS) is 1. The van der Waals surface area contributed by atoms with Crippen molar-refractivity contribution in [3.05, 3.63) is 24.3 Å². The minimum Gasteiger partial charge on any atom is -0.544 e. The fraction of sp³-hybridized carbons (Fsp3) is 0.875. The third kappa shape index (κ3) is 45.0. The lowest BCUT2D eigenvalue weighted by atomic mass is 10.0. The number of hydrogen-bond donors (Lipinski definition) is 0. The average molecular weight is 904 g/mol. The number of likely N-dealkylation sites (N-methyl/N-ethyl adjacent to an activating group) is 1. The zero-order valence-electron chi connectivity index (χ0n) is 43.0. The molecule has 0 spiro atoms. The second-order valence-corrected chi connectivity index (χ2v) is 19.9. The second kappa shape index (κ2) is 47.3. The lowest BCUT2D eigenvalue weighted by Gasteiger charge is -2.34. The van der Waals surface area contributed by atoms with Gasteiger partial charge >= 0.3 is 11.9 Å². The Morgan fingerprint density at radius 2 is 0.812 bits per heavy atom. The highest BCUT2D eigenvalue weighted by Gasteiger charge is 2.25. The van der Waals surface area contributed by atoms with E-state index in [1.165, 1.54) is 173 Å². The standard InChI is InChI=1S/C56H105NO7/c1-6-8-10-12-14-16-18-20-22-24-26-27-28-29-31-32-34-36-38-40-42-44-46-54(58)63-51-52(50-62-49-48-53(56(60)61)57(3,4)5)64-55(59)47-45-43-41-39-37-35-33-30-25-23-21-19-17-15-13-11-9-7-2/h23,25,30,33,52-53H,6-22,24,26-29,31-32,34-51H2,1-5H3/b25-23+,33-30+. The van der Waals surface area contributed by atoms with E-state index in [-0.39, 0.29) is 42.7 Å². The topological polar surface area (TPSA) is 102 Å². The first-order chi connectivity index (χ1) is 31.1. The minimum absolute atomic E-state index is 0.0389. The summed E-state index contributed by atoms with van der Waals surface area (Å²) in [4.78, 5) is 37.1. The van der Waals surface area contributed by atoms with Crippen LogP contribution in [0.25, 0.3) is 0 Å². The number of carbonyl (C=O) groups excluding carboxylic acids is 3. The monoisotopic (exact) mass is 904 g/mol. The molecule has 0 rings (SSSR count). The van der Waals surface area contributed by atoms with Crippen molar-refractivity contribution in [3.63, 3.8) is 0 Å². The van der Waals surface area contributed by atoms with Crippen LogP contribution in [0.1, 0.15) is 264 Å². The van der Waals surface area contributed by atoms with Crippen molar-refractivity contribution in [1.82, 2.24) is 0 Å². The number of hydrogen-bond acceptors (Lipinski definition) is 7. The molecule has 8 heteroatoms. The molecule has 2 unspecified atom stereocenters. The van der Waals surface area contributed by atoms with Gasteiger partial charge in [-0.15, -0.1) is 0 Å². The largest absolute Gasteiger partial charge is 0.544 e. The van der Waals surface area contributed by atoms with E-state index >= 15 is 0 Å². The van der Waals surface area contributed by atoms with Gasteiger partial charge in [-0.25, -0.2) is 0 Å². The summed E-state index contributed by atoms with van der Waals surface area (Å²) >= 11 is 0. The third-order valence-electron chi connectivity index (χ3n) is 12.6. The number of quaternary nitrogens is 1. The van der Waals surface area contributed by atoms with Gasteiger partial charge in [0.1, 0.15) is 12.6 Å². The number of unbranched alkanes of at least 4 members (excludes halogenated alkanes) is 33. The Labute approximate surface area is 396 Å². The van der Waals surface area contributed by atoms with E-state index in [0.29, 0.717) is 12.8 Å². The van der Waals surface area contributed by atoms with Crippen LogP contribution < -0.4 is 5.11 Å². The van der Waals surface area contributed by atoms with Crippen molar-refractivity contribution in [2.75, 3.05) is 41.0 Å². The first kappa shape index (κ1) is 61.8. The number of aliphatic carboxylic acids is 1. The molecule has 2 atom stereocenters. The number of esters is 2. The summed E-state index contributed by atoms with van der Waals surface area (Å²) in [6, 6.07) is -0.727. The summed E-state index contributed by atoms with van der Waals surface area (Å²) in [5.74, 6) is -1.73. The maximum atomic E-state index is 12.8. The lowest BCUT2D eigenvalue weighted by Crippen LogP contribution is -2.55. The van der Waals surface area contributed by atoms with Gasteiger partial charge in [0, 0.05) is 19.3 Å². The Kier molecular flexibility index (Phi) is 45.7. The number of nitrogens with zero attached hydrogens (tertiary/aromatic N) is 1. The highest BCUT2D eigenvalue weighted by molar-refractivity contribution is 5.70. The second-order valence-electron chi connectivity index (χ2n) is 19.9. The van der Waals surface area contributed by atoms with Crippen LogP contribution in [-0.4, -0.2) is 75.5 Å². The summed E-state index contributed by atoms with van der Waals surface area (Å²) in [7, 11) is 5.42. The third-order valence-corrected chi connectivity index (χ3v) is 12.6. The Bertz CT molecular complexity index is 1100. The molecular formula is C56H105NO7. The molecule has 64 heavy (non-hydrogen) atoms. The molecule has 376 valence electrons. The van der Waals surface area contributed by atoms with E-state index in [9.17, 15) is 19.5 Å². The van der Waals surface area contributed by atoms with Gasteiger partial charge in [-0.1, -0.05) is 231 Å². The molecule has 0 radical (unpaired) electrons. The first-order valence-electron chi connectivity index (χ1n) is 27.4. The number of carbonyl (C=O) groups is 3. The molecule has 0 saturated carbocycles. The quantitative estimate of drug-likeness (QED) is 0.0259. The molecule has 0 fully saturated rings. The zero-order valence-corrected chi connectivity index (χ0v) is 43.0. The fourth-order valence-electron chi connectivity index (χ4n) is 8.36. The van der Waals surface area contributed by atoms with E-state index in [1.54, 1.807) is 0 Å². The van der Waals surface area contributed by atoms with Crippen LogP contribution in [0.2, 0.25) is 0 Å². The van der Waals surface area contributed by atoms with Gasteiger partial charge < -0.3 is 28.6 Å². The number of rotatable bonds is 50. The summed E-state index contributed by atoms with van der Waals surface area (Å²) in [5, 5.41) is 11.7. The van der Waals surface area contributed by atoms with E-state index in [2.05, 4.69) is 38.2 Å². The van der Waals surface area contributed by atoms with Crippen molar-refractivity contribution in [2.24, 2.45) is 0 Å². The smallest absolute Gasteiger partial charge is 0.306 e. The van der Waals surface area contributed by atoms with Gasteiger partial charge in [-0.05, 0) is 38.5 Å². The van der Waals surface area contributed by atoms with Crippen LogP contribution in [0.3, 0.4) is 0 Å². The molecule has 0 aromatic heterocycles. The average Bonchev–Trinajstić information content (AvgIpc) is 3.26. The van der Waals surface area contributed by atoms with Gasteiger partial charge in [0.25, 0.3) is 0 Å². The molecule has 0 N–H and O–H groups in total. The number of allylic oxidation sites excluding steroid dienone is 4. The highest BCUT2D eigenvalue weighted by Crippen LogP contribution is 2.17. The summed E-state index contributed by atoms with van der Waals surface area (Å²) < 4.78 is 17.3. The molecule has 0 heterocycles. The van der Waals surface area contributed by atoms with Gasteiger partial charge in [0.2, 0.25) is 0 Å². The van der Waals surface area contributed by atoms with Crippen molar-refractivity contribution >= 4 is 17.9 Å². The lowest BCUT2D eigenvalue weighted by molar-refractivity contribution is -0.889. The van der Waals surface area contributed by atoms with Crippen molar-refractivity contribution < 1.29 is 38.2 Å². The van der Waals surface area contributed by atoms with Crippen LogP contribution in [0.15, 0.2) is 24.3 Å². The predicted octanol–water partition coefficient (Wildman–Crippen LogP) is 14.6. The van der Waals surface area contributed by atoms with Gasteiger partial charge in [0.15, 0.2) is 6.10 Å². The molecular weight excluding hydrogens is 799 g/mol. The Balaban J connectivity index is 4.18. The van der Waals surface area contributed by atoms with Crippen LogP contribution in [0.4, 0.5) is 0 Å². The zero-order chi connectivity index (χ0) is 47.0. The van der Waals surface area contributed by atoms with E-state index in [1.807, 2.05) is 21.1 Å². The number of ether oxygens (including phenoxy) is 3. The Morgan fingerprint density at radius 3 is 1.17 bits per heavy atom. The van der Waals surface area contributed by atoms with Crippen LogP contribution in [0.5, 0.6) is 0 Å². The summed E-state index contributed by atoms with van der Waals surface area (Å²) in [6.07, 6.45) is 55.0. The molecule has 0 aromatic rings. The molecule has 0 amide bonds. The van der Waals surface area contributed by atoms with E-state index < -0.39 is 18.1 Å². The normalized spacial score (nSPS) is 13.0. The van der Waals surface area contributed by atoms with E-state index in [0.717, 1.165) is 57.8 Å². The minimum atomic E-state index is -1.12. The predicted molar refractivity (Wildman–Crippen MR) is 268 cm³/mol. The molecule has 0 bridgehead atoms. The van der Waals surface area contributed by atoms with Crippen LogP contribution in [0, 0.1) is 0 Å². The highest BCUT2D eigenvalue weighted by atomic mass is 16.6. The van der Waals surface area contributed by atoms with Gasteiger partial charge in [-0.3, -0.25) is 9.59 Å². The SMILES string of the molecule is CCCCCCCCC/C=C/C=C/CCCCCCCC(=O)OC(COCCC(C(=O)[O-])[N+](C)(C)C)COC(=O)CCCCCCCCCCCCCCCCCCCCCCCC. The Morgan fingerprint density at radius 1 is 0.469 bits per heavy atom. The maximum absolute atomic E-state index is 12.8. The van der Waals surface area contributed by atoms with Gasteiger partial charge in [-0.2, -0.15) is 0 Å². The summed E-state index contributed by atoms with van der Waals surface area (Å²) in [5.41, 5.74) is 0. The van der Waals surface area contributed by atoms with Crippen LogP contribution >= 0.6 is 0 Å². The van der Waals surface area contributed by atoms with E-state index in [4.69, 9.17) is 14.2 Å². The molecule has 0 saturated heterocycles.